The maximum absolute atomic E-state index is 9.49. The quantitative estimate of drug-likeness (QED) is 0.879. The molecule has 1 N–H and O–H groups in total. The molecule has 88 valence electrons. The highest BCUT2D eigenvalue weighted by atomic mass is 16.5. The van der Waals surface area contributed by atoms with E-state index in [1.54, 1.807) is 18.5 Å². The minimum atomic E-state index is 0.308. The van der Waals surface area contributed by atoms with Crippen molar-refractivity contribution in [3.05, 3.63) is 42.2 Å². The fourth-order valence-corrected chi connectivity index (χ4v) is 1.66. The third kappa shape index (κ3) is 2.56. The van der Waals surface area contributed by atoms with Gasteiger partial charge < -0.3 is 9.84 Å². The van der Waals surface area contributed by atoms with E-state index in [1.165, 1.54) is 0 Å². The highest BCUT2D eigenvalue weighted by molar-refractivity contribution is 5.65. The molecular weight excluding hydrogens is 214 g/mol. The van der Waals surface area contributed by atoms with Gasteiger partial charge in [-0.1, -0.05) is 6.07 Å². The molecule has 0 amide bonds. The van der Waals surface area contributed by atoms with E-state index in [1.807, 2.05) is 32.0 Å². The second kappa shape index (κ2) is 4.87. The third-order valence-corrected chi connectivity index (χ3v) is 2.55. The largest absolute Gasteiger partial charge is 0.508 e. The second-order valence-electron chi connectivity index (χ2n) is 3.84. The number of nitrogens with zero attached hydrogens (tertiary/aromatic N) is 1. The summed E-state index contributed by atoms with van der Waals surface area (Å²) in [6.45, 7) is 4.44. The van der Waals surface area contributed by atoms with Gasteiger partial charge in [0.25, 0.3) is 0 Å². The summed E-state index contributed by atoms with van der Waals surface area (Å²) < 4.78 is 5.41. The van der Waals surface area contributed by atoms with Crippen LogP contribution < -0.4 is 4.74 Å². The zero-order valence-electron chi connectivity index (χ0n) is 9.97. The van der Waals surface area contributed by atoms with Crippen molar-refractivity contribution in [3.8, 4) is 22.6 Å². The number of hydrogen-bond acceptors (Lipinski definition) is 3. The number of aromatic nitrogens is 1. The molecular formula is C14H15NO2. The van der Waals surface area contributed by atoms with Gasteiger partial charge >= 0.3 is 0 Å². The maximum atomic E-state index is 9.49. The Bertz CT molecular complexity index is 523. The van der Waals surface area contributed by atoms with Gasteiger partial charge in [-0.3, -0.25) is 4.98 Å². The van der Waals surface area contributed by atoms with Crippen LogP contribution >= 0.6 is 0 Å². The van der Waals surface area contributed by atoms with Gasteiger partial charge in [0.05, 0.1) is 12.8 Å². The molecule has 2 aromatic rings. The average Bonchev–Trinajstić information content (AvgIpc) is 2.33. The molecule has 0 fully saturated rings. The van der Waals surface area contributed by atoms with E-state index in [-0.39, 0.29) is 0 Å². The smallest absolute Gasteiger partial charge is 0.138 e. The van der Waals surface area contributed by atoms with E-state index in [2.05, 4.69) is 4.98 Å². The molecule has 1 aromatic heterocycles. The minimum absolute atomic E-state index is 0.308. The number of rotatable bonds is 3. The zero-order valence-corrected chi connectivity index (χ0v) is 9.97. The SMILES string of the molecule is CCOc1cncc(-c2ccc(O)c(C)c2)c1. The Hall–Kier alpha value is -2.03. The Balaban J connectivity index is 2.38. The van der Waals surface area contributed by atoms with E-state index < -0.39 is 0 Å². The molecule has 0 bridgehead atoms. The van der Waals surface area contributed by atoms with Crippen molar-refractivity contribution >= 4 is 0 Å². The molecule has 0 aliphatic rings. The third-order valence-electron chi connectivity index (χ3n) is 2.55. The van der Waals surface area contributed by atoms with Gasteiger partial charge in [0.1, 0.15) is 11.5 Å². The lowest BCUT2D eigenvalue weighted by atomic mass is 10.0. The molecule has 3 heteroatoms. The normalized spacial score (nSPS) is 10.2. The van der Waals surface area contributed by atoms with Gasteiger partial charge in [-0.25, -0.2) is 0 Å². The number of pyridine rings is 1. The number of aromatic hydroxyl groups is 1. The fourth-order valence-electron chi connectivity index (χ4n) is 1.66. The van der Waals surface area contributed by atoms with Crippen LogP contribution in [0.3, 0.4) is 0 Å². The van der Waals surface area contributed by atoms with E-state index >= 15 is 0 Å². The second-order valence-corrected chi connectivity index (χ2v) is 3.84. The van der Waals surface area contributed by atoms with Crippen molar-refractivity contribution in [2.45, 2.75) is 13.8 Å². The van der Waals surface area contributed by atoms with Gasteiger partial charge in [0, 0.05) is 11.8 Å². The number of benzene rings is 1. The Labute approximate surface area is 101 Å². The van der Waals surface area contributed by atoms with Crippen molar-refractivity contribution in [1.82, 2.24) is 4.98 Å². The molecule has 3 nitrogen and oxygen atoms in total. The average molecular weight is 229 g/mol. The van der Waals surface area contributed by atoms with Crippen LogP contribution in [0.1, 0.15) is 12.5 Å². The summed E-state index contributed by atoms with van der Waals surface area (Å²) in [5, 5.41) is 9.49. The summed E-state index contributed by atoms with van der Waals surface area (Å²) in [5.41, 5.74) is 2.86. The lowest BCUT2D eigenvalue weighted by Gasteiger charge is -2.07. The van der Waals surface area contributed by atoms with Crippen molar-refractivity contribution in [2.24, 2.45) is 0 Å². The van der Waals surface area contributed by atoms with Crippen LogP contribution in [0.4, 0.5) is 0 Å². The molecule has 1 aromatic carbocycles. The summed E-state index contributed by atoms with van der Waals surface area (Å²) in [6, 6.07) is 7.44. The molecule has 0 aliphatic heterocycles. The fraction of sp³-hybridized carbons (Fsp3) is 0.214. The highest BCUT2D eigenvalue weighted by Crippen LogP contribution is 2.26. The first-order valence-corrected chi connectivity index (χ1v) is 5.58. The zero-order chi connectivity index (χ0) is 12.3. The van der Waals surface area contributed by atoms with Crippen molar-refractivity contribution in [1.29, 1.82) is 0 Å². The van der Waals surface area contributed by atoms with Crippen molar-refractivity contribution in [2.75, 3.05) is 6.61 Å². The molecule has 2 rings (SSSR count). The number of phenols is 1. The minimum Gasteiger partial charge on any atom is -0.508 e. The molecule has 0 unspecified atom stereocenters. The highest BCUT2D eigenvalue weighted by Gasteiger charge is 2.03. The van der Waals surface area contributed by atoms with Crippen LogP contribution in [0.15, 0.2) is 36.7 Å². The van der Waals surface area contributed by atoms with Crippen LogP contribution in [0.5, 0.6) is 11.5 Å². The Morgan fingerprint density at radius 1 is 1.18 bits per heavy atom. The maximum Gasteiger partial charge on any atom is 0.138 e. The predicted octanol–water partition coefficient (Wildman–Crippen LogP) is 3.16. The summed E-state index contributed by atoms with van der Waals surface area (Å²) in [5.74, 6) is 1.07. The van der Waals surface area contributed by atoms with Gasteiger partial charge in [-0.15, -0.1) is 0 Å². The van der Waals surface area contributed by atoms with Crippen LogP contribution in [0, 0.1) is 6.92 Å². The standard InChI is InChI=1S/C14H15NO2/c1-3-17-13-7-12(8-15-9-13)11-4-5-14(16)10(2)6-11/h4-9,16H,3H2,1-2H3. The number of hydrogen-bond donors (Lipinski definition) is 1. The van der Waals surface area contributed by atoms with Gasteiger partial charge in [0.15, 0.2) is 0 Å². The molecule has 0 radical (unpaired) electrons. The first-order chi connectivity index (χ1) is 8.20. The van der Waals surface area contributed by atoms with Gasteiger partial charge in [-0.05, 0) is 43.2 Å². The first kappa shape index (κ1) is 11.5. The topological polar surface area (TPSA) is 42.4 Å². The summed E-state index contributed by atoms with van der Waals surface area (Å²) in [7, 11) is 0. The van der Waals surface area contributed by atoms with Gasteiger partial charge in [-0.2, -0.15) is 0 Å². The monoisotopic (exact) mass is 229 g/mol. The summed E-state index contributed by atoms with van der Waals surface area (Å²) in [4.78, 5) is 4.14. The number of ether oxygens (including phenoxy) is 1. The first-order valence-electron chi connectivity index (χ1n) is 5.58. The molecule has 0 saturated carbocycles. The van der Waals surface area contributed by atoms with E-state index in [9.17, 15) is 5.11 Å². The van der Waals surface area contributed by atoms with E-state index in [4.69, 9.17) is 4.74 Å². The molecule has 0 spiro atoms. The van der Waals surface area contributed by atoms with Gasteiger partial charge in [0.2, 0.25) is 0 Å². The van der Waals surface area contributed by atoms with Crippen LogP contribution in [-0.2, 0) is 0 Å². The number of phenolic OH excluding ortho intramolecular Hbond substituents is 1. The molecule has 0 aliphatic carbocycles. The molecule has 0 atom stereocenters. The summed E-state index contributed by atoms with van der Waals surface area (Å²) >= 11 is 0. The Morgan fingerprint density at radius 3 is 2.71 bits per heavy atom. The van der Waals surface area contributed by atoms with E-state index in [0.29, 0.717) is 12.4 Å². The van der Waals surface area contributed by atoms with Crippen molar-refractivity contribution in [3.63, 3.8) is 0 Å². The lowest BCUT2D eigenvalue weighted by molar-refractivity contribution is 0.339. The van der Waals surface area contributed by atoms with Crippen LogP contribution in [0.2, 0.25) is 0 Å². The summed E-state index contributed by atoms with van der Waals surface area (Å²) in [6.07, 6.45) is 3.48. The number of aryl methyl sites for hydroxylation is 1. The van der Waals surface area contributed by atoms with Crippen molar-refractivity contribution < 1.29 is 9.84 Å². The molecule has 0 saturated heterocycles. The molecule has 17 heavy (non-hydrogen) atoms. The predicted molar refractivity (Wildman–Crippen MR) is 67.2 cm³/mol. The van der Waals surface area contributed by atoms with Crippen LogP contribution in [0.25, 0.3) is 11.1 Å². The van der Waals surface area contributed by atoms with E-state index in [0.717, 1.165) is 22.4 Å². The Morgan fingerprint density at radius 2 is 2.00 bits per heavy atom. The van der Waals surface area contributed by atoms with Crippen LogP contribution in [-0.4, -0.2) is 16.7 Å². The Kier molecular flexibility index (Phi) is 3.28. The lowest BCUT2D eigenvalue weighted by Crippen LogP contribution is -1.92. The molecule has 1 heterocycles.